The average Bonchev–Trinajstić information content (AvgIpc) is 2.36. The first-order valence-electron chi connectivity index (χ1n) is 6.34. The SMILES string of the molecule is CC(C)CN(C)C(=O)c1cccc2c1OCCN2. The Bertz CT molecular complexity index is 443. The van der Waals surface area contributed by atoms with Crippen LogP contribution in [0.25, 0.3) is 0 Å². The van der Waals surface area contributed by atoms with Crippen LogP contribution in [-0.2, 0) is 0 Å². The molecule has 0 saturated carbocycles. The number of hydrogen-bond acceptors (Lipinski definition) is 3. The second-order valence-electron chi connectivity index (χ2n) is 5.04. The van der Waals surface area contributed by atoms with Crippen molar-refractivity contribution < 1.29 is 9.53 Å². The minimum Gasteiger partial charge on any atom is -0.489 e. The highest BCUT2D eigenvalue weighted by atomic mass is 16.5. The fourth-order valence-corrected chi connectivity index (χ4v) is 2.18. The molecule has 0 aliphatic carbocycles. The van der Waals surface area contributed by atoms with Gasteiger partial charge in [0.15, 0.2) is 5.75 Å². The van der Waals surface area contributed by atoms with Crippen LogP contribution in [0.1, 0.15) is 24.2 Å². The Morgan fingerprint density at radius 2 is 2.28 bits per heavy atom. The predicted molar refractivity (Wildman–Crippen MR) is 72.2 cm³/mol. The number of fused-ring (bicyclic) bond motifs is 1. The summed E-state index contributed by atoms with van der Waals surface area (Å²) in [6, 6.07) is 5.65. The summed E-state index contributed by atoms with van der Waals surface area (Å²) in [7, 11) is 1.83. The minimum absolute atomic E-state index is 0.0178. The maximum absolute atomic E-state index is 12.4. The summed E-state index contributed by atoms with van der Waals surface area (Å²) in [5.74, 6) is 1.16. The van der Waals surface area contributed by atoms with Crippen molar-refractivity contribution in [2.75, 3.05) is 32.1 Å². The molecule has 1 aliphatic heterocycles. The Labute approximate surface area is 108 Å². The van der Waals surface area contributed by atoms with E-state index in [2.05, 4.69) is 19.2 Å². The summed E-state index contributed by atoms with van der Waals surface area (Å²) < 4.78 is 5.62. The van der Waals surface area contributed by atoms with Crippen LogP contribution in [0.4, 0.5) is 5.69 Å². The van der Waals surface area contributed by atoms with Crippen molar-refractivity contribution >= 4 is 11.6 Å². The maximum atomic E-state index is 12.4. The Balaban J connectivity index is 2.25. The van der Waals surface area contributed by atoms with E-state index in [1.165, 1.54) is 0 Å². The van der Waals surface area contributed by atoms with Gasteiger partial charge in [-0.2, -0.15) is 0 Å². The van der Waals surface area contributed by atoms with E-state index in [0.717, 1.165) is 18.8 Å². The summed E-state index contributed by atoms with van der Waals surface area (Å²) >= 11 is 0. The number of nitrogens with one attached hydrogen (secondary N) is 1. The lowest BCUT2D eigenvalue weighted by molar-refractivity contribution is 0.0774. The number of rotatable bonds is 3. The average molecular weight is 248 g/mol. The highest BCUT2D eigenvalue weighted by Gasteiger charge is 2.21. The summed E-state index contributed by atoms with van der Waals surface area (Å²) in [4.78, 5) is 14.1. The molecule has 1 amide bonds. The topological polar surface area (TPSA) is 41.6 Å². The van der Waals surface area contributed by atoms with Crippen LogP contribution in [0.5, 0.6) is 5.75 Å². The zero-order valence-corrected chi connectivity index (χ0v) is 11.2. The van der Waals surface area contributed by atoms with Gasteiger partial charge in [-0.05, 0) is 18.1 Å². The fraction of sp³-hybridized carbons (Fsp3) is 0.500. The lowest BCUT2D eigenvalue weighted by Gasteiger charge is -2.24. The Morgan fingerprint density at radius 1 is 1.50 bits per heavy atom. The standard InChI is InChI=1S/C14H20N2O2/c1-10(2)9-16(3)14(17)11-5-4-6-12-13(11)18-8-7-15-12/h4-6,10,15H,7-9H2,1-3H3. The zero-order chi connectivity index (χ0) is 13.1. The molecular weight excluding hydrogens is 228 g/mol. The number of carbonyl (C=O) groups excluding carboxylic acids is 1. The molecule has 0 aromatic heterocycles. The summed E-state index contributed by atoms with van der Waals surface area (Å²) in [5, 5.41) is 3.24. The molecule has 2 rings (SSSR count). The largest absolute Gasteiger partial charge is 0.489 e. The molecule has 18 heavy (non-hydrogen) atoms. The van der Waals surface area contributed by atoms with Gasteiger partial charge < -0.3 is 15.0 Å². The van der Waals surface area contributed by atoms with Crippen molar-refractivity contribution in [2.45, 2.75) is 13.8 Å². The van der Waals surface area contributed by atoms with Crippen LogP contribution in [0, 0.1) is 5.92 Å². The van der Waals surface area contributed by atoms with E-state index in [9.17, 15) is 4.79 Å². The first-order chi connectivity index (χ1) is 8.59. The second kappa shape index (κ2) is 5.29. The van der Waals surface area contributed by atoms with Crippen molar-refractivity contribution in [3.63, 3.8) is 0 Å². The fourth-order valence-electron chi connectivity index (χ4n) is 2.18. The molecule has 1 aromatic carbocycles. The van der Waals surface area contributed by atoms with Gasteiger partial charge in [-0.3, -0.25) is 4.79 Å². The van der Waals surface area contributed by atoms with Crippen LogP contribution in [0.15, 0.2) is 18.2 Å². The normalized spacial score (nSPS) is 13.6. The predicted octanol–water partition coefficient (Wildman–Crippen LogP) is 2.22. The summed E-state index contributed by atoms with van der Waals surface area (Å²) in [6.45, 7) is 6.33. The van der Waals surface area contributed by atoms with Crippen molar-refractivity contribution in [2.24, 2.45) is 5.92 Å². The minimum atomic E-state index is 0.0178. The van der Waals surface area contributed by atoms with E-state index in [1.807, 2.05) is 25.2 Å². The summed E-state index contributed by atoms with van der Waals surface area (Å²) in [6.07, 6.45) is 0. The van der Waals surface area contributed by atoms with E-state index in [-0.39, 0.29) is 5.91 Å². The van der Waals surface area contributed by atoms with Gasteiger partial charge in [-0.25, -0.2) is 0 Å². The first kappa shape index (κ1) is 12.7. The van der Waals surface area contributed by atoms with Gasteiger partial charge in [-0.1, -0.05) is 19.9 Å². The maximum Gasteiger partial charge on any atom is 0.257 e. The van der Waals surface area contributed by atoms with Gasteiger partial charge in [0.2, 0.25) is 0 Å². The number of ether oxygens (including phenoxy) is 1. The molecule has 1 aliphatic rings. The molecule has 0 saturated heterocycles. The van der Waals surface area contributed by atoms with Crippen molar-refractivity contribution in [3.8, 4) is 5.75 Å². The number of amides is 1. The first-order valence-corrected chi connectivity index (χ1v) is 6.34. The lowest BCUT2D eigenvalue weighted by Crippen LogP contribution is -2.31. The zero-order valence-electron chi connectivity index (χ0n) is 11.2. The molecule has 0 unspecified atom stereocenters. The molecule has 1 heterocycles. The molecule has 0 fully saturated rings. The van der Waals surface area contributed by atoms with Gasteiger partial charge >= 0.3 is 0 Å². The number of anilines is 1. The highest BCUT2D eigenvalue weighted by molar-refractivity contribution is 5.98. The number of benzene rings is 1. The van der Waals surface area contributed by atoms with Gasteiger partial charge in [0, 0.05) is 20.1 Å². The number of carbonyl (C=O) groups is 1. The molecule has 4 nitrogen and oxygen atoms in total. The van der Waals surface area contributed by atoms with Crippen molar-refractivity contribution in [1.29, 1.82) is 0 Å². The quantitative estimate of drug-likeness (QED) is 0.891. The van der Waals surface area contributed by atoms with Crippen molar-refractivity contribution in [3.05, 3.63) is 23.8 Å². The van der Waals surface area contributed by atoms with Crippen LogP contribution < -0.4 is 10.1 Å². The van der Waals surface area contributed by atoms with Gasteiger partial charge in [0.05, 0.1) is 11.3 Å². The molecule has 1 N–H and O–H groups in total. The van der Waals surface area contributed by atoms with Gasteiger partial charge in [0.1, 0.15) is 6.61 Å². The number of hydrogen-bond donors (Lipinski definition) is 1. The van der Waals surface area contributed by atoms with E-state index >= 15 is 0 Å². The number of para-hydroxylation sites is 1. The molecule has 0 bridgehead atoms. The monoisotopic (exact) mass is 248 g/mol. The molecule has 4 heteroatoms. The highest BCUT2D eigenvalue weighted by Crippen LogP contribution is 2.31. The lowest BCUT2D eigenvalue weighted by atomic mass is 10.1. The van der Waals surface area contributed by atoms with E-state index < -0.39 is 0 Å². The molecule has 0 spiro atoms. The molecule has 1 aromatic rings. The van der Waals surface area contributed by atoms with Gasteiger partial charge in [-0.15, -0.1) is 0 Å². The molecule has 0 radical (unpaired) electrons. The van der Waals surface area contributed by atoms with E-state index in [0.29, 0.717) is 23.8 Å². The molecular formula is C14H20N2O2. The Kier molecular flexibility index (Phi) is 3.75. The third-order valence-electron chi connectivity index (χ3n) is 2.90. The third-order valence-corrected chi connectivity index (χ3v) is 2.90. The van der Waals surface area contributed by atoms with E-state index in [4.69, 9.17) is 4.74 Å². The van der Waals surface area contributed by atoms with Crippen molar-refractivity contribution in [1.82, 2.24) is 4.90 Å². The third kappa shape index (κ3) is 2.58. The van der Waals surface area contributed by atoms with Crippen LogP contribution in [0.2, 0.25) is 0 Å². The van der Waals surface area contributed by atoms with Crippen LogP contribution in [0.3, 0.4) is 0 Å². The molecule has 0 atom stereocenters. The van der Waals surface area contributed by atoms with Gasteiger partial charge in [0.25, 0.3) is 5.91 Å². The Hall–Kier alpha value is -1.71. The second-order valence-corrected chi connectivity index (χ2v) is 5.04. The van der Waals surface area contributed by atoms with Crippen LogP contribution in [-0.4, -0.2) is 37.6 Å². The smallest absolute Gasteiger partial charge is 0.257 e. The number of nitrogens with zero attached hydrogens (tertiary/aromatic N) is 1. The van der Waals surface area contributed by atoms with E-state index in [1.54, 1.807) is 4.90 Å². The molecule has 98 valence electrons. The Morgan fingerprint density at radius 3 is 3.00 bits per heavy atom. The summed E-state index contributed by atoms with van der Waals surface area (Å²) in [5.41, 5.74) is 1.55. The van der Waals surface area contributed by atoms with Crippen LogP contribution >= 0.6 is 0 Å².